The number of nitrogens with zero attached hydrogens (tertiary/aromatic N) is 5. The van der Waals surface area contributed by atoms with Crippen molar-refractivity contribution in [1.29, 1.82) is 0 Å². The van der Waals surface area contributed by atoms with Crippen LogP contribution in [0, 0.1) is 10.1 Å². The van der Waals surface area contributed by atoms with Gasteiger partial charge in [0.2, 0.25) is 12.0 Å². The first-order valence-electron chi connectivity index (χ1n) is 7.28. The zero-order chi connectivity index (χ0) is 17.4. The Kier molecular flexibility index (Phi) is 3.45. The van der Waals surface area contributed by atoms with E-state index in [2.05, 4.69) is 20.5 Å². The van der Waals surface area contributed by atoms with Gasteiger partial charge in [-0.3, -0.25) is 0 Å². The van der Waals surface area contributed by atoms with Gasteiger partial charge in [0.05, 0.1) is 0 Å². The third-order valence-corrected chi connectivity index (χ3v) is 3.51. The average molecular weight is 344 g/mol. The number of aromatic nitrogens is 4. The molecule has 1 aliphatic rings. The fourth-order valence-corrected chi connectivity index (χ4v) is 2.41. The standard InChI is InChI=1S/C14H12N6O5/c1-19-7-15-12(20(21)22)11(19)13-17-18-14(25-13)16-8-2-3-9-10(6-8)24-5-4-23-9/h2-3,6-7H,4-5H2,1H3,(H,16,18). The minimum atomic E-state index is -0.604. The SMILES string of the molecule is Cn1cnc([N+](=O)[O-])c1-c1nnc(Nc2ccc3c(c2)OCCO3)o1. The number of benzene rings is 1. The monoisotopic (exact) mass is 344 g/mol. The highest BCUT2D eigenvalue weighted by atomic mass is 16.6. The Morgan fingerprint density at radius 3 is 2.84 bits per heavy atom. The summed E-state index contributed by atoms with van der Waals surface area (Å²) in [6.07, 6.45) is 1.31. The Labute approximate surface area is 140 Å². The van der Waals surface area contributed by atoms with Crippen LogP contribution in [0.15, 0.2) is 28.9 Å². The lowest BCUT2D eigenvalue weighted by Gasteiger charge is -2.18. The summed E-state index contributed by atoms with van der Waals surface area (Å²) in [4.78, 5) is 14.2. The van der Waals surface area contributed by atoms with Crippen LogP contribution in [0.5, 0.6) is 11.5 Å². The van der Waals surface area contributed by atoms with E-state index in [1.807, 2.05) is 0 Å². The van der Waals surface area contributed by atoms with Crippen LogP contribution in [0.1, 0.15) is 0 Å². The molecule has 0 atom stereocenters. The second-order valence-electron chi connectivity index (χ2n) is 5.18. The fraction of sp³-hybridized carbons (Fsp3) is 0.214. The van der Waals surface area contributed by atoms with Gasteiger partial charge >= 0.3 is 11.8 Å². The maximum Gasteiger partial charge on any atom is 0.394 e. The maximum atomic E-state index is 11.0. The van der Waals surface area contributed by atoms with E-state index in [-0.39, 0.29) is 23.4 Å². The normalized spacial score (nSPS) is 12.8. The number of ether oxygens (including phenoxy) is 2. The van der Waals surface area contributed by atoms with Crippen LogP contribution < -0.4 is 14.8 Å². The molecule has 3 aromatic rings. The Hall–Kier alpha value is -3.63. The van der Waals surface area contributed by atoms with E-state index >= 15 is 0 Å². The fourth-order valence-electron chi connectivity index (χ4n) is 2.41. The van der Waals surface area contributed by atoms with Gasteiger partial charge in [-0.1, -0.05) is 5.10 Å². The quantitative estimate of drug-likeness (QED) is 0.556. The zero-order valence-electron chi connectivity index (χ0n) is 13.0. The van der Waals surface area contributed by atoms with Crippen LogP contribution in [-0.2, 0) is 7.05 Å². The minimum absolute atomic E-state index is 0.00765. The van der Waals surface area contributed by atoms with E-state index in [0.717, 1.165) is 0 Å². The van der Waals surface area contributed by atoms with Crippen molar-refractivity contribution in [1.82, 2.24) is 19.7 Å². The highest BCUT2D eigenvalue weighted by Gasteiger charge is 2.26. The topological polar surface area (TPSA) is 130 Å². The van der Waals surface area contributed by atoms with Crippen LogP contribution in [0.4, 0.5) is 17.5 Å². The Balaban J connectivity index is 1.60. The van der Waals surface area contributed by atoms with Crippen LogP contribution >= 0.6 is 0 Å². The van der Waals surface area contributed by atoms with Crippen LogP contribution in [0.2, 0.25) is 0 Å². The van der Waals surface area contributed by atoms with Gasteiger partial charge < -0.3 is 33.9 Å². The Bertz CT molecular complexity index is 949. The first-order chi connectivity index (χ1) is 12.1. The van der Waals surface area contributed by atoms with Gasteiger partial charge in [0, 0.05) is 18.8 Å². The average Bonchev–Trinajstić information content (AvgIpc) is 3.21. The number of anilines is 2. The molecule has 4 rings (SSSR count). The summed E-state index contributed by atoms with van der Waals surface area (Å²) in [5, 5.41) is 21.7. The molecule has 0 unspecified atom stereocenters. The van der Waals surface area contributed by atoms with Crippen LogP contribution in [0.25, 0.3) is 11.6 Å². The number of nitrogens with one attached hydrogen (secondary N) is 1. The predicted octanol–water partition coefficient (Wildman–Crippen LogP) is 1.89. The smallest absolute Gasteiger partial charge is 0.394 e. The molecule has 2 aromatic heterocycles. The molecule has 0 aliphatic carbocycles. The van der Waals surface area contributed by atoms with Gasteiger partial charge in [-0.2, -0.15) is 0 Å². The molecule has 0 spiro atoms. The summed E-state index contributed by atoms with van der Waals surface area (Å²) in [7, 11) is 1.60. The van der Waals surface area contributed by atoms with E-state index in [9.17, 15) is 10.1 Å². The molecule has 3 heterocycles. The lowest BCUT2D eigenvalue weighted by molar-refractivity contribution is -0.388. The number of aryl methyl sites for hydroxylation is 1. The highest BCUT2D eigenvalue weighted by Crippen LogP contribution is 2.34. The first-order valence-corrected chi connectivity index (χ1v) is 7.28. The number of imidazole rings is 1. The molecule has 25 heavy (non-hydrogen) atoms. The molecule has 11 heteroatoms. The Morgan fingerprint density at radius 1 is 1.24 bits per heavy atom. The molecule has 128 valence electrons. The minimum Gasteiger partial charge on any atom is -0.486 e. The molecule has 0 saturated carbocycles. The molecule has 0 bridgehead atoms. The van der Waals surface area contributed by atoms with Gasteiger partial charge in [-0.15, -0.1) is 5.10 Å². The van der Waals surface area contributed by atoms with Crippen molar-refractivity contribution in [3.63, 3.8) is 0 Å². The molecule has 1 aliphatic heterocycles. The lowest BCUT2D eigenvalue weighted by atomic mass is 10.2. The van der Waals surface area contributed by atoms with Gasteiger partial charge in [0.15, 0.2) is 11.5 Å². The van der Waals surface area contributed by atoms with E-state index < -0.39 is 4.92 Å². The predicted molar refractivity (Wildman–Crippen MR) is 83.9 cm³/mol. The van der Waals surface area contributed by atoms with Crippen molar-refractivity contribution in [3.8, 4) is 23.1 Å². The summed E-state index contributed by atoms with van der Waals surface area (Å²) in [6, 6.07) is 5.36. The summed E-state index contributed by atoms with van der Waals surface area (Å²) in [6.45, 7) is 0.988. The third-order valence-electron chi connectivity index (χ3n) is 3.51. The molecule has 0 amide bonds. The second-order valence-corrected chi connectivity index (χ2v) is 5.18. The zero-order valence-corrected chi connectivity index (χ0v) is 13.0. The number of hydrogen-bond acceptors (Lipinski definition) is 9. The molecule has 11 nitrogen and oxygen atoms in total. The number of hydrogen-bond donors (Lipinski definition) is 1. The molecule has 1 N–H and O–H groups in total. The lowest BCUT2D eigenvalue weighted by Crippen LogP contribution is -2.15. The van der Waals surface area contributed by atoms with E-state index in [4.69, 9.17) is 13.9 Å². The largest absolute Gasteiger partial charge is 0.486 e. The van der Waals surface area contributed by atoms with Gasteiger partial charge in [-0.05, 0) is 22.0 Å². The summed E-state index contributed by atoms with van der Waals surface area (Å²) in [5.41, 5.74) is 0.784. The van der Waals surface area contributed by atoms with Crippen molar-refractivity contribution in [3.05, 3.63) is 34.6 Å². The van der Waals surface area contributed by atoms with E-state index in [1.54, 1.807) is 25.2 Å². The number of nitro groups is 1. The molecular formula is C14H12N6O5. The maximum absolute atomic E-state index is 11.0. The van der Waals surface area contributed by atoms with Crippen molar-refractivity contribution in [2.24, 2.45) is 7.05 Å². The molecule has 0 radical (unpaired) electrons. The van der Waals surface area contributed by atoms with Crippen molar-refractivity contribution >= 4 is 17.5 Å². The van der Waals surface area contributed by atoms with Gasteiger partial charge in [0.25, 0.3) is 5.89 Å². The van der Waals surface area contributed by atoms with Crippen molar-refractivity contribution < 1.29 is 18.8 Å². The molecular weight excluding hydrogens is 332 g/mol. The summed E-state index contributed by atoms with van der Waals surface area (Å²) in [5.74, 6) is 0.913. The highest BCUT2D eigenvalue weighted by molar-refractivity contribution is 5.62. The Morgan fingerprint density at radius 2 is 2.04 bits per heavy atom. The van der Waals surface area contributed by atoms with Crippen molar-refractivity contribution in [2.45, 2.75) is 0 Å². The molecule has 0 saturated heterocycles. The van der Waals surface area contributed by atoms with Crippen LogP contribution in [-0.4, -0.2) is 37.9 Å². The van der Waals surface area contributed by atoms with E-state index in [0.29, 0.717) is 30.4 Å². The third kappa shape index (κ3) is 2.71. The summed E-state index contributed by atoms with van der Waals surface area (Å²) >= 11 is 0. The number of fused-ring (bicyclic) bond motifs is 1. The summed E-state index contributed by atoms with van der Waals surface area (Å²) < 4.78 is 17.9. The van der Waals surface area contributed by atoms with Crippen LogP contribution in [0.3, 0.4) is 0 Å². The molecule has 1 aromatic carbocycles. The first kappa shape index (κ1) is 14.9. The second kappa shape index (κ2) is 5.78. The van der Waals surface area contributed by atoms with E-state index in [1.165, 1.54) is 10.9 Å². The molecule has 0 fully saturated rings. The van der Waals surface area contributed by atoms with Gasteiger partial charge in [0.1, 0.15) is 13.2 Å². The van der Waals surface area contributed by atoms with Crippen molar-refractivity contribution in [2.75, 3.05) is 18.5 Å². The number of rotatable bonds is 4. The van der Waals surface area contributed by atoms with Gasteiger partial charge in [-0.25, -0.2) is 0 Å².